The molecule has 0 bridgehead atoms. The van der Waals surface area contributed by atoms with Crippen molar-refractivity contribution in [2.24, 2.45) is 0 Å². The Morgan fingerprint density at radius 3 is 2.12 bits per heavy atom. The van der Waals surface area contributed by atoms with Crippen LogP contribution < -0.4 is 0 Å². The molecule has 6 aromatic carbocycles. The molecule has 0 N–H and O–H groups in total. The summed E-state index contributed by atoms with van der Waals surface area (Å²) in [6.07, 6.45) is 3.70. The zero-order chi connectivity index (χ0) is 32.0. The quantitative estimate of drug-likeness (QED) is 0.129. The number of hydrogen-bond donors (Lipinski definition) is 0. The maximum Gasteiger partial charge on any atom is 0.124 e. The number of para-hydroxylation sites is 1. The predicted molar refractivity (Wildman–Crippen MR) is 196 cm³/mol. The van der Waals surface area contributed by atoms with Gasteiger partial charge in [-0.1, -0.05) is 105 Å². The molecule has 4 heteroatoms. The van der Waals surface area contributed by atoms with E-state index in [9.17, 15) is 0 Å². The monoisotopic (exact) mass is 797 g/mol. The molecule has 0 aliphatic carbocycles. The first-order valence-electron chi connectivity index (χ1n) is 15.9. The predicted octanol–water partition coefficient (Wildman–Crippen LogP) is 11.8. The fourth-order valence-electron chi connectivity index (χ4n) is 6.51. The molecule has 48 heavy (non-hydrogen) atoms. The molecule has 3 heterocycles. The zero-order valence-electron chi connectivity index (χ0n) is 26.9. The van der Waals surface area contributed by atoms with Crippen molar-refractivity contribution in [2.45, 2.75) is 26.2 Å². The standard InChI is InChI=1S/C33H24NO.C11H8N.Ir/c1-33(2,3)29-10-6-9-27-28-19-21(12-16-30(28)35-32(27)29)31-26-15-14-23-22-8-5-4-7-20(22)11-13-24(23)25(26)17-18-34-31;1-2-6-10(7-3-1)11-8-4-5-9-12-11;/h4-11,13-19H,1-3H3;1-6,8-9H;/q2*-1;. The van der Waals surface area contributed by atoms with Crippen LogP contribution in [-0.2, 0) is 25.5 Å². The number of hydrogen-bond acceptors (Lipinski definition) is 3. The summed E-state index contributed by atoms with van der Waals surface area (Å²) in [5.74, 6) is 0. The van der Waals surface area contributed by atoms with Crippen molar-refractivity contribution in [2.75, 3.05) is 0 Å². The van der Waals surface area contributed by atoms with Gasteiger partial charge in [0.2, 0.25) is 0 Å². The number of aromatic nitrogens is 2. The molecule has 9 rings (SSSR count). The molecule has 1 radical (unpaired) electrons. The van der Waals surface area contributed by atoms with Gasteiger partial charge in [0.05, 0.1) is 5.58 Å². The van der Waals surface area contributed by atoms with Crippen LogP contribution in [0.2, 0.25) is 0 Å². The summed E-state index contributed by atoms with van der Waals surface area (Å²) in [5, 5.41) is 9.63. The Morgan fingerprint density at radius 2 is 1.31 bits per heavy atom. The Hall–Kier alpha value is -5.15. The van der Waals surface area contributed by atoms with Gasteiger partial charge in [0.15, 0.2) is 0 Å². The van der Waals surface area contributed by atoms with Gasteiger partial charge in [0.25, 0.3) is 0 Å². The minimum atomic E-state index is 0. The molecule has 0 saturated heterocycles. The average Bonchev–Trinajstić information content (AvgIpc) is 3.50. The molecule has 3 nitrogen and oxygen atoms in total. The molecule has 0 aliphatic heterocycles. The molecule has 0 atom stereocenters. The van der Waals surface area contributed by atoms with Crippen LogP contribution in [0.25, 0.3) is 76.8 Å². The van der Waals surface area contributed by atoms with Crippen molar-refractivity contribution in [3.05, 3.63) is 157 Å². The maximum absolute atomic E-state index is 6.34. The molecular weight excluding hydrogens is 765 g/mol. The Kier molecular flexibility index (Phi) is 8.39. The minimum absolute atomic E-state index is 0. The van der Waals surface area contributed by atoms with Crippen LogP contribution in [0.4, 0.5) is 0 Å². The molecule has 0 aliphatic rings. The Labute approximate surface area is 293 Å². The number of furan rings is 1. The maximum atomic E-state index is 6.34. The molecule has 0 spiro atoms. The van der Waals surface area contributed by atoms with Gasteiger partial charge in [-0.05, 0) is 66.8 Å². The van der Waals surface area contributed by atoms with Crippen LogP contribution in [0.1, 0.15) is 26.3 Å². The van der Waals surface area contributed by atoms with Crippen LogP contribution in [-0.4, -0.2) is 9.97 Å². The third-order valence-electron chi connectivity index (χ3n) is 8.81. The van der Waals surface area contributed by atoms with Crippen LogP contribution in [0.15, 0.2) is 144 Å². The molecule has 235 valence electrons. The molecule has 3 aromatic heterocycles. The average molecular weight is 797 g/mol. The van der Waals surface area contributed by atoms with E-state index in [0.717, 1.165) is 49.8 Å². The molecule has 0 unspecified atom stereocenters. The summed E-state index contributed by atoms with van der Waals surface area (Å²) >= 11 is 0. The topological polar surface area (TPSA) is 38.9 Å². The summed E-state index contributed by atoms with van der Waals surface area (Å²) in [6, 6.07) is 50.4. The van der Waals surface area contributed by atoms with Gasteiger partial charge in [-0.15, -0.1) is 59.7 Å². The first kappa shape index (κ1) is 31.4. The number of pyridine rings is 2. The van der Waals surface area contributed by atoms with Crippen molar-refractivity contribution < 1.29 is 24.5 Å². The fraction of sp³-hybridized carbons (Fsp3) is 0.0909. The van der Waals surface area contributed by atoms with Gasteiger partial charge in [-0.2, -0.15) is 0 Å². The van der Waals surface area contributed by atoms with Crippen LogP contribution in [0, 0.1) is 12.1 Å². The van der Waals surface area contributed by atoms with Crippen LogP contribution in [0.5, 0.6) is 0 Å². The number of rotatable bonds is 2. The van der Waals surface area contributed by atoms with Gasteiger partial charge in [0.1, 0.15) is 5.58 Å². The molecule has 9 aromatic rings. The van der Waals surface area contributed by atoms with Crippen molar-refractivity contribution in [1.82, 2.24) is 9.97 Å². The SMILES string of the molecule is CC(C)(C)c1cccc2c1oc1c[c-]c(-c3nccc4c3ccc3c5ccccc5ccc43)cc12.[Ir].[c-]1ccccc1-c1ccccn1. The van der Waals surface area contributed by atoms with Crippen LogP contribution >= 0.6 is 0 Å². The Balaban J connectivity index is 0.000000237. The Bertz CT molecular complexity index is 2510. The zero-order valence-corrected chi connectivity index (χ0v) is 29.3. The van der Waals surface area contributed by atoms with E-state index in [-0.39, 0.29) is 25.5 Å². The van der Waals surface area contributed by atoms with E-state index in [0.29, 0.717) is 0 Å². The number of fused-ring (bicyclic) bond motifs is 8. The number of nitrogens with zero attached hydrogens (tertiary/aromatic N) is 2. The summed E-state index contributed by atoms with van der Waals surface area (Å²) in [5.41, 5.74) is 6.98. The third kappa shape index (κ3) is 5.68. The van der Waals surface area contributed by atoms with E-state index < -0.39 is 0 Å². The summed E-state index contributed by atoms with van der Waals surface area (Å²) < 4.78 is 6.34. The van der Waals surface area contributed by atoms with Gasteiger partial charge < -0.3 is 14.4 Å². The van der Waals surface area contributed by atoms with E-state index in [1.165, 1.54) is 32.5 Å². The van der Waals surface area contributed by atoms with E-state index in [4.69, 9.17) is 9.40 Å². The van der Waals surface area contributed by atoms with Crippen molar-refractivity contribution in [3.63, 3.8) is 0 Å². The minimum Gasteiger partial charge on any atom is -0.500 e. The number of benzene rings is 6. The van der Waals surface area contributed by atoms with E-state index >= 15 is 0 Å². The summed E-state index contributed by atoms with van der Waals surface area (Å²) in [7, 11) is 0. The Morgan fingerprint density at radius 1 is 0.562 bits per heavy atom. The normalized spacial score (nSPS) is 11.5. The van der Waals surface area contributed by atoms with Crippen LogP contribution in [0.3, 0.4) is 0 Å². The van der Waals surface area contributed by atoms with Gasteiger partial charge in [0, 0.05) is 37.9 Å². The first-order chi connectivity index (χ1) is 23.0. The van der Waals surface area contributed by atoms with Gasteiger partial charge in [-0.3, -0.25) is 0 Å². The smallest absolute Gasteiger partial charge is 0.124 e. The second kappa shape index (κ2) is 12.8. The second-order valence-corrected chi connectivity index (χ2v) is 12.9. The first-order valence-corrected chi connectivity index (χ1v) is 15.9. The third-order valence-corrected chi connectivity index (χ3v) is 8.81. The van der Waals surface area contributed by atoms with E-state index in [1.807, 2.05) is 54.7 Å². The summed E-state index contributed by atoms with van der Waals surface area (Å²) in [4.78, 5) is 9.03. The molecule has 0 amide bonds. The van der Waals surface area contributed by atoms with E-state index in [2.05, 4.69) is 117 Å². The van der Waals surface area contributed by atoms with Crippen molar-refractivity contribution >= 4 is 54.3 Å². The van der Waals surface area contributed by atoms with E-state index in [1.54, 1.807) is 6.20 Å². The van der Waals surface area contributed by atoms with Gasteiger partial charge >= 0.3 is 0 Å². The second-order valence-electron chi connectivity index (χ2n) is 12.9. The molecule has 0 saturated carbocycles. The molecular formula is C44H32IrN2O-2. The van der Waals surface area contributed by atoms with Crippen molar-refractivity contribution in [3.8, 4) is 22.5 Å². The molecule has 0 fully saturated rings. The van der Waals surface area contributed by atoms with Crippen molar-refractivity contribution in [1.29, 1.82) is 0 Å². The fourth-order valence-corrected chi connectivity index (χ4v) is 6.51. The summed E-state index contributed by atoms with van der Waals surface area (Å²) in [6.45, 7) is 6.67. The van der Waals surface area contributed by atoms with Gasteiger partial charge in [-0.25, -0.2) is 0 Å². The largest absolute Gasteiger partial charge is 0.500 e.